The van der Waals surface area contributed by atoms with Gasteiger partial charge in [-0.2, -0.15) is 0 Å². The molecule has 4 heteroatoms. The molecule has 0 amide bonds. The standard InChI is InChI=1S/C12H16ClN3/c1-8(16-14-2)15-12-6-5-10(7-11(12)13)9-3-4-9/h5-7,9,14H,3-4H2,1-2H3,(H,15,16). The summed E-state index contributed by atoms with van der Waals surface area (Å²) in [5.74, 6) is 1.52. The third-order valence-electron chi connectivity index (χ3n) is 2.61. The van der Waals surface area contributed by atoms with Gasteiger partial charge >= 0.3 is 0 Å². The highest BCUT2D eigenvalue weighted by Gasteiger charge is 2.23. The van der Waals surface area contributed by atoms with Gasteiger partial charge in [0.05, 0.1) is 10.7 Å². The molecule has 1 aromatic rings. The largest absolute Gasteiger partial charge is 0.310 e. The Balaban J connectivity index is 2.18. The molecule has 2 N–H and O–H groups in total. The number of benzene rings is 1. The third-order valence-corrected chi connectivity index (χ3v) is 2.92. The fourth-order valence-electron chi connectivity index (χ4n) is 1.67. The molecule has 1 aromatic carbocycles. The van der Waals surface area contributed by atoms with Gasteiger partial charge in [0.1, 0.15) is 5.84 Å². The maximum Gasteiger partial charge on any atom is 0.113 e. The number of amidine groups is 1. The first kappa shape index (κ1) is 11.4. The summed E-state index contributed by atoms with van der Waals surface area (Å²) < 4.78 is 0. The predicted octanol–water partition coefficient (Wildman–Crippen LogP) is 2.99. The summed E-state index contributed by atoms with van der Waals surface area (Å²) in [5, 5.41) is 0.724. The average Bonchev–Trinajstić information content (AvgIpc) is 3.05. The van der Waals surface area contributed by atoms with Crippen LogP contribution in [0, 0.1) is 0 Å². The van der Waals surface area contributed by atoms with E-state index >= 15 is 0 Å². The quantitative estimate of drug-likeness (QED) is 0.482. The van der Waals surface area contributed by atoms with E-state index in [2.05, 4.69) is 21.9 Å². The smallest absolute Gasteiger partial charge is 0.113 e. The van der Waals surface area contributed by atoms with Crippen LogP contribution in [-0.2, 0) is 0 Å². The summed E-state index contributed by atoms with van der Waals surface area (Å²) in [6.45, 7) is 1.89. The zero-order valence-corrected chi connectivity index (χ0v) is 10.3. The number of nitrogens with zero attached hydrogens (tertiary/aromatic N) is 1. The first-order valence-electron chi connectivity index (χ1n) is 5.48. The van der Waals surface area contributed by atoms with Crippen molar-refractivity contribution >= 4 is 23.1 Å². The van der Waals surface area contributed by atoms with Crippen molar-refractivity contribution in [3.05, 3.63) is 28.8 Å². The highest BCUT2D eigenvalue weighted by atomic mass is 35.5. The fraction of sp³-hybridized carbons (Fsp3) is 0.417. The number of halogens is 1. The van der Waals surface area contributed by atoms with Crippen molar-refractivity contribution in [1.82, 2.24) is 10.9 Å². The molecule has 0 atom stereocenters. The number of hydrogen-bond donors (Lipinski definition) is 2. The number of aliphatic imine (C=N–C) groups is 1. The SMILES string of the molecule is CNNC(C)=Nc1ccc(C2CC2)cc1Cl. The summed E-state index contributed by atoms with van der Waals surface area (Å²) in [7, 11) is 1.80. The molecule has 1 aliphatic carbocycles. The molecule has 1 aliphatic rings. The predicted molar refractivity (Wildman–Crippen MR) is 68.4 cm³/mol. The highest BCUT2D eigenvalue weighted by Crippen LogP contribution is 2.42. The van der Waals surface area contributed by atoms with Crippen LogP contribution in [0.15, 0.2) is 23.2 Å². The Morgan fingerprint density at radius 3 is 2.75 bits per heavy atom. The minimum atomic E-state index is 0.724. The van der Waals surface area contributed by atoms with E-state index in [-0.39, 0.29) is 0 Å². The zero-order chi connectivity index (χ0) is 11.5. The molecule has 0 radical (unpaired) electrons. The molecular weight excluding hydrogens is 222 g/mol. The van der Waals surface area contributed by atoms with E-state index in [1.165, 1.54) is 18.4 Å². The van der Waals surface area contributed by atoms with E-state index in [4.69, 9.17) is 11.6 Å². The van der Waals surface area contributed by atoms with Gasteiger partial charge in [0.25, 0.3) is 0 Å². The minimum absolute atomic E-state index is 0.724. The van der Waals surface area contributed by atoms with Gasteiger partial charge in [0.2, 0.25) is 0 Å². The maximum absolute atomic E-state index is 6.19. The van der Waals surface area contributed by atoms with E-state index in [0.29, 0.717) is 0 Å². The molecule has 2 rings (SSSR count). The number of hydrazine groups is 1. The summed E-state index contributed by atoms with van der Waals surface area (Å²) in [6.07, 6.45) is 2.58. The lowest BCUT2D eigenvalue weighted by molar-refractivity contribution is 0.765. The molecule has 0 heterocycles. The van der Waals surface area contributed by atoms with Crippen molar-refractivity contribution in [3.63, 3.8) is 0 Å². The molecule has 0 bridgehead atoms. The van der Waals surface area contributed by atoms with Gasteiger partial charge in [-0.15, -0.1) is 0 Å². The van der Waals surface area contributed by atoms with Gasteiger partial charge in [0.15, 0.2) is 0 Å². The van der Waals surface area contributed by atoms with Crippen molar-refractivity contribution in [1.29, 1.82) is 0 Å². The average molecular weight is 238 g/mol. The van der Waals surface area contributed by atoms with Gasteiger partial charge in [-0.3, -0.25) is 0 Å². The van der Waals surface area contributed by atoms with E-state index in [9.17, 15) is 0 Å². The van der Waals surface area contributed by atoms with Crippen LogP contribution in [0.2, 0.25) is 5.02 Å². The van der Waals surface area contributed by atoms with E-state index in [1.807, 2.05) is 19.1 Å². The van der Waals surface area contributed by atoms with E-state index < -0.39 is 0 Å². The third kappa shape index (κ3) is 2.74. The second-order valence-corrected chi connectivity index (χ2v) is 4.46. The van der Waals surface area contributed by atoms with Crippen molar-refractivity contribution in [2.75, 3.05) is 7.05 Å². The van der Waals surface area contributed by atoms with Crippen LogP contribution < -0.4 is 10.9 Å². The molecule has 3 nitrogen and oxygen atoms in total. The van der Waals surface area contributed by atoms with E-state index in [0.717, 1.165) is 22.5 Å². The summed E-state index contributed by atoms with van der Waals surface area (Å²) in [4.78, 5) is 4.38. The van der Waals surface area contributed by atoms with Crippen molar-refractivity contribution in [3.8, 4) is 0 Å². The van der Waals surface area contributed by atoms with E-state index in [1.54, 1.807) is 7.05 Å². The zero-order valence-electron chi connectivity index (χ0n) is 9.55. The van der Waals surface area contributed by atoms with Gasteiger partial charge in [0, 0.05) is 7.05 Å². The van der Waals surface area contributed by atoms with Crippen LogP contribution in [-0.4, -0.2) is 12.9 Å². The normalized spacial score (nSPS) is 16.3. The molecule has 0 aliphatic heterocycles. The minimum Gasteiger partial charge on any atom is -0.310 e. The molecule has 0 saturated heterocycles. The maximum atomic E-state index is 6.19. The Kier molecular flexibility index (Phi) is 3.46. The lowest BCUT2D eigenvalue weighted by Crippen LogP contribution is -2.31. The Morgan fingerprint density at radius 2 is 2.19 bits per heavy atom. The Morgan fingerprint density at radius 1 is 1.44 bits per heavy atom. The molecule has 1 saturated carbocycles. The van der Waals surface area contributed by atoms with Crippen molar-refractivity contribution in [2.45, 2.75) is 25.7 Å². The highest BCUT2D eigenvalue weighted by molar-refractivity contribution is 6.33. The van der Waals surface area contributed by atoms with Crippen molar-refractivity contribution in [2.24, 2.45) is 4.99 Å². The van der Waals surface area contributed by atoms with Crippen LogP contribution in [0.3, 0.4) is 0 Å². The Labute approximate surface area is 101 Å². The van der Waals surface area contributed by atoms with Gasteiger partial charge in [-0.25, -0.2) is 10.4 Å². The first-order chi connectivity index (χ1) is 7.70. The summed E-state index contributed by atoms with van der Waals surface area (Å²) >= 11 is 6.19. The molecule has 0 aromatic heterocycles. The first-order valence-corrected chi connectivity index (χ1v) is 5.86. The summed E-state index contributed by atoms with van der Waals surface area (Å²) in [5.41, 5.74) is 7.88. The Bertz CT molecular complexity index is 411. The fourth-order valence-corrected chi connectivity index (χ4v) is 1.91. The molecule has 0 unspecified atom stereocenters. The molecule has 86 valence electrons. The van der Waals surface area contributed by atoms with Crippen LogP contribution in [0.4, 0.5) is 5.69 Å². The number of rotatable bonds is 3. The Hall–Kier alpha value is -1.06. The van der Waals surface area contributed by atoms with Gasteiger partial charge < -0.3 is 5.43 Å². The van der Waals surface area contributed by atoms with Gasteiger partial charge in [-0.1, -0.05) is 17.7 Å². The molecule has 16 heavy (non-hydrogen) atoms. The van der Waals surface area contributed by atoms with Crippen LogP contribution >= 0.6 is 11.6 Å². The second-order valence-electron chi connectivity index (χ2n) is 4.06. The lowest BCUT2D eigenvalue weighted by Gasteiger charge is -2.05. The lowest BCUT2D eigenvalue weighted by atomic mass is 10.1. The number of hydrogen-bond acceptors (Lipinski definition) is 2. The molecule has 1 fully saturated rings. The van der Waals surface area contributed by atoms with Crippen LogP contribution in [0.5, 0.6) is 0 Å². The summed E-state index contributed by atoms with van der Waals surface area (Å²) in [6, 6.07) is 6.14. The van der Waals surface area contributed by atoms with Gasteiger partial charge in [-0.05, 0) is 43.4 Å². The monoisotopic (exact) mass is 237 g/mol. The van der Waals surface area contributed by atoms with Crippen molar-refractivity contribution < 1.29 is 0 Å². The number of nitrogens with one attached hydrogen (secondary N) is 2. The van der Waals surface area contributed by atoms with Crippen LogP contribution in [0.1, 0.15) is 31.2 Å². The van der Waals surface area contributed by atoms with Crippen LogP contribution in [0.25, 0.3) is 0 Å². The topological polar surface area (TPSA) is 36.4 Å². The molecule has 0 spiro atoms. The second kappa shape index (κ2) is 4.85. The molecular formula is C12H16ClN3.